The van der Waals surface area contributed by atoms with Crippen LogP contribution in [0.5, 0.6) is 0 Å². The van der Waals surface area contributed by atoms with E-state index in [0.29, 0.717) is 24.1 Å². The van der Waals surface area contributed by atoms with E-state index in [2.05, 4.69) is 20.6 Å². The van der Waals surface area contributed by atoms with Crippen LogP contribution in [0.2, 0.25) is 0 Å². The number of nitrogens with zero attached hydrogens (tertiary/aromatic N) is 3. The fourth-order valence-corrected chi connectivity index (χ4v) is 3.48. The number of aliphatic hydroxyl groups is 1. The molecule has 7 heteroatoms. The third-order valence-corrected chi connectivity index (χ3v) is 4.94. The van der Waals surface area contributed by atoms with Gasteiger partial charge in [0.15, 0.2) is 0 Å². The van der Waals surface area contributed by atoms with Crippen LogP contribution in [0, 0.1) is 5.92 Å². The third kappa shape index (κ3) is 3.13. The van der Waals surface area contributed by atoms with E-state index < -0.39 is 0 Å². The maximum atomic E-state index is 13.0. The van der Waals surface area contributed by atoms with Crippen molar-refractivity contribution in [2.24, 2.45) is 13.0 Å². The number of aromatic amines is 1. The summed E-state index contributed by atoms with van der Waals surface area (Å²) in [4.78, 5) is 13.0. The highest BCUT2D eigenvalue weighted by Crippen LogP contribution is 2.38. The van der Waals surface area contributed by atoms with E-state index in [1.54, 1.807) is 17.1 Å². The van der Waals surface area contributed by atoms with Gasteiger partial charge >= 0.3 is 0 Å². The normalized spacial score (nSPS) is 20.4. The molecule has 1 saturated carbocycles. The molecule has 1 aromatic carbocycles. The van der Waals surface area contributed by atoms with Crippen molar-refractivity contribution < 1.29 is 9.90 Å². The average molecular weight is 351 g/mol. The lowest BCUT2D eigenvalue weighted by atomic mass is 9.75. The van der Waals surface area contributed by atoms with Gasteiger partial charge in [-0.05, 0) is 18.8 Å². The number of hydrogen-bond acceptors (Lipinski definition) is 4. The van der Waals surface area contributed by atoms with Crippen LogP contribution in [0.1, 0.15) is 34.8 Å². The highest BCUT2D eigenvalue weighted by Gasteiger charge is 2.36. The number of amides is 1. The van der Waals surface area contributed by atoms with Crippen LogP contribution in [-0.2, 0) is 7.05 Å². The molecule has 3 aromatic rings. The fraction of sp³-hybridized carbons (Fsp3) is 0.316. The lowest BCUT2D eigenvalue weighted by Crippen LogP contribution is -2.41. The molecule has 2 heterocycles. The Morgan fingerprint density at radius 3 is 2.73 bits per heavy atom. The van der Waals surface area contributed by atoms with Gasteiger partial charge in [-0.25, -0.2) is 0 Å². The SMILES string of the molecule is Cn1cc([C@@H](NC(=O)c2cn[nH]c2-c2ccccc2)C2CC(O)C2)cn1. The minimum absolute atomic E-state index is 0.182. The van der Waals surface area contributed by atoms with Crippen molar-refractivity contribution in [1.29, 1.82) is 0 Å². The van der Waals surface area contributed by atoms with Crippen molar-refractivity contribution >= 4 is 5.91 Å². The molecule has 0 aliphatic heterocycles. The minimum atomic E-state index is -0.287. The van der Waals surface area contributed by atoms with Crippen LogP contribution in [0.25, 0.3) is 11.3 Å². The van der Waals surface area contributed by atoms with Gasteiger partial charge < -0.3 is 10.4 Å². The zero-order chi connectivity index (χ0) is 18.1. The second-order valence-electron chi connectivity index (χ2n) is 6.81. The van der Waals surface area contributed by atoms with E-state index in [1.165, 1.54) is 0 Å². The van der Waals surface area contributed by atoms with Gasteiger partial charge in [0.25, 0.3) is 5.91 Å². The first-order valence-electron chi connectivity index (χ1n) is 8.68. The number of rotatable bonds is 5. The molecule has 1 aliphatic carbocycles. The predicted molar refractivity (Wildman–Crippen MR) is 96.2 cm³/mol. The van der Waals surface area contributed by atoms with E-state index in [0.717, 1.165) is 11.1 Å². The molecular weight excluding hydrogens is 330 g/mol. The Kier molecular flexibility index (Phi) is 4.30. The van der Waals surface area contributed by atoms with E-state index in [9.17, 15) is 9.90 Å². The smallest absolute Gasteiger partial charge is 0.255 e. The number of carbonyl (C=O) groups excluding carboxylic acids is 1. The number of H-pyrrole nitrogens is 1. The van der Waals surface area contributed by atoms with Crippen molar-refractivity contribution in [3.63, 3.8) is 0 Å². The molecule has 7 nitrogen and oxygen atoms in total. The molecule has 0 spiro atoms. The molecule has 2 aromatic heterocycles. The van der Waals surface area contributed by atoms with Crippen LogP contribution in [-0.4, -0.2) is 37.1 Å². The van der Waals surface area contributed by atoms with Crippen LogP contribution in [0.3, 0.4) is 0 Å². The summed E-state index contributed by atoms with van der Waals surface area (Å²) in [7, 11) is 1.85. The van der Waals surface area contributed by atoms with Gasteiger partial charge in [-0.15, -0.1) is 0 Å². The summed E-state index contributed by atoms with van der Waals surface area (Å²) in [5.41, 5.74) is 3.06. The van der Waals surface area contributed by atoms with Crippen molar-refractivity contribution in [1.82, 2.24) is 25.3 Å². The van der Waals surface area contributed by atoms with Gasteiger partial charge in [0.05, 0.1) is 35.8 Å². The zero-order valence-electron chi connectivity index (χ0n) is 14.5. The first-order valence-corrected chi connectivity index (χ1v) is 8.68. The average Bonchev–Trinajstić information content (AvgIpc) is 3.27. The van der Waals surface area contributed by atoms with Gasteiger partial charge in [0.1, 0.15) is 0 Å². The molecule has 1 amide bonds. The topological polar surface area (TPSA) is 95.8 Å². The summed E-state index contributed by atoms with van der Waals surface area (Å²) < 4.78 is 1.72. The summed E-state index contributed by atoms with van der Waals surface area (Å²) in [6, 6.07) is 9.46. The molecule has 1 aliphatic rings. The Labute approximate surface area is 151 Å². The molecule has 1 fully saturated rings. The molecule has 0 saturated heterocycles. The summed E-state index contributed by atoms with van der Waals surface area (Å²) >= 11 is 0. The van der Waals surface area contributed by atoms with Crippen LogP contribution < -0.4 is 5.32 Å². The molecule has 1 atom stereocenters. The standard InChI is InChI=1S/C19H21N5O2/c1-24-11-14(9-21-24)17(13-7-15(25)8-13)22-19(26)16-10-20-23-18(16)12-5-3-2-4-6-12/h2-6,9-11,13,15,17,25H,7-8H2,1H3,(H,20,23)(H,22,26)/t13?,15?,17-/m0/s1. The fourth-order valence-electron chi connectivity index (χ4n) is 3.48. The maximum Gasteiger partial charge on any atom is 0.255 e. The number of carbonyl (C=O) groups is 1. The molecule has 0 bridgehead atoms. The predicted octanol–water partition coefficient (Wildman–Crippen LogP) is 2.05. The Morgan fingerprint density at radius 2 is 2.08 bits per heavy atom. The second-order valence-corrected chi connectivity index (χ2v) is 6.81. The van der Waals surface area contributed by atoms with Gasteiger partial charge in [-0.2, -0.15) is 10.2 Å². The Hall–Kier alpha value is -2.93. The van der Waals surface area contributed by atoms with Crippen LogP contribution in [0.4, 0.5) is 0 Å². The maximum absolute atomic E-state index is 13.0. The van der Waals surface area contributed by atoms with Crippen LogP contribution >= 0.6 is 0 Å². The van der Waals surface area contributed by atoms with Crippen molar-refractivity contribution in [2.45, 2.75) is 25.0 Å². The number of aromatic nitrogens is 4. The molecule has 134 valence electrons. The second kappa shape index (κ2) is 6.76. The Bertz CT molecular complexity index is 896. The number of hydrogen-bond donors (Lipinski definition) is 3. The number of benzene rings is 1. The van der Waals surface area contributed by atoms with Gasteiger partial charge in [0, 0.05) is 24.4 Å². The monoisotopic (exact) mass is 351 g/mol. The van der Waals surface area contributed by atoms with Crippen molar-refractivity contribution in [3.8, 4) is 11.3 Å². The molecule has 0 unspecified atom stereocenters. The Balaban J connectivity index is 1.59. The Morgan fingerprint density at radius 1 is 1.31 bits per heavy atom. The summed E-state index contributed by atoms with van der Waals surface area (Å²) in [5, 5.41) is 24.0. The zero-order valence-corrected chi connectivity index (χ0v) is 14.5. The molecule has 0 radical (unpaired) electrons. The van der Waals surface area contributed by atoms with Gasteiger partial charge in [-0.1, -0.05) is 30.3 Å². The highest BCUT2D eigenvalue weighted by molar-refractivity contribution is 5.99. The van der Waals surface area contributed by atoms with Gasteiger partial charge in [0.2, 0.25) is 0 Å². The highest BCUT2D eigenvalue weighted by atomic mass is 16.3. The summed E-state index contributed by atoms with van der Waals surface area (Å²) in [6.45, 7) is 0. The van der Waals surface area contributed by atoms with E-state index >= 15 is 0 Å². The third-order valence-electron chi connectivity index (χ3n) is 4.94. The van der Waals surface area contributed by atoms with Crippen molar-refractivity contribution in [3.05, 3.63) is 60.0 Å². The quantitative estimate of drug-likeness (QED) is 0.655. The molecule has 26 heavy (non-hydrogen) atoms. The first kappa shape index (κ1) is 16.5. The van der Waals surface area contributed by atoms with Crippen molar-refractivity contribution in [2.75, 3.05) is 0 Å². The largest absolute Gasteiger partial charge is 0.393 e. The van der Waals surface area contributed by atoms with E-state index in [1.807, 2.05) is 43.6 Å². The number of aliphatic hydroxyl groups excluding tert-OH is 1. The summed E-state index contributed by atoms with van der Waals surface area (Å²) in [6.07, 6.45) is 6.29. The van der Waals surface area contributed by atoms with E-state index in [4.69, 9.17) is 0 Å². The van der Waals surface area contributed by atoms with Crippen LogP contribution in [0.15, 0.2) is 48.9 Å². The summed E-state index contributed by atoms with van der Waals surface area (Å²) in [5.74, 6) is 0.0121. The number of aryl methyl sites for hydroxylation is 1. The molecule has 4 rings (SSSR count). The molecule has 3 N–H and O–H groups in total. The minimum Gasteiger partial charge on any atom is -0.393 e. The van der Waals surface area contributed by atoms with Gasteiger partial charge in [-0.3, -0.25) is 14.6 Å². The lowest BCUT2D eigenvalue weighted by Gasteiger charge is -2.37. The lowest BCUT2D eigenvalue weighted by molar-refractivity contribution is 0.0235. The first-order chi connectivity index (χ1) is 12.6. The van der Waals surface area contributed by atoms with E-state index in [-0.39, 0.29) is 24.0 Å². The number of nitrogens with one attached hydrogen (secondary N) is 2. The molecular formula is C19H21N5O2.